The van der Waals surface area contributed by atoms with Gasteiger partial charge < -0.3 is 29.7 Å². The number of morpholine rings is 1. The minimum atomic E-state index is -1.77. The molecule has 1 aromatic rings. The molecule has 0 spiro atoms. The van der Waals surface area contributed by atoms with E-state index >= 15 is 0 Å². The molecule has 3 saturated heterocycles. The number of alkyl carbamates (subject to hydrolysis) is 1. The molecule has 1 aromatic carbocycles. The average molecular weight is 552 g/mol. The van der Waals surface area contributed by atoms with Gasteiger partial charge in [-0.25, -0.2) is 4.79 Å². The molecular weight excluding hydrogens is 511 g/mol. The second-order valence-corrected chi connectivity index (χ2v) is 12.0. The Balaban J connectivity index is 1.43. The molecule has 2 bridgehead atoms. The molecule has 216 valence electrons. The Morgan fingerprint density at radius 2 is 1.85 bits per heavy atom. The van der Waals surface area contributed by atoms with Gasteiger partial charge in [0, 0.05) is 24.7 Å². The second-order valence-electron chi connectivity index (χ2n) is 12.0. The van der Waals surface area contributed by atoms with Crippen molar-refractivity contribution in [2.24, 2.45) is 0 Å². The molecule has 0 aromatic heterocycles. The van der Waals surface area contributed by atoms with E-state index in [2.05, 4.69) is 16.3 Å². The topological polar surface area (TPSA) is 135 Å². The third kappa shape index (κ3) is 6.69. The number of rotatable bonds is 9. The lowest BCUT2D eigenvalue weighted by atomic mass is 9.76. The number of fused-ring (bicyclic) bond motifs is 2. The molecule has 3 atom stereocenters. The molecule has 3 aliphatic heterocycles. The molecule has 40 heavy (non-hydrogen) atoms. The minimum absolute atomic E-state index is 0.00690. The lowest BCUT2D eigenvalue weighted by Crippen LogP contribution is -2.54. The number of ether oxygens (including phenoxy) is 2. The summed E-state index contributed by atoms with van der Waals surface area (Å²) in [5.41, 5.74) is -0.293. The van der Waals surface area contributed by atoms with Gasteiger partial charge in [0.15, 0.2) is 0 Å². The zero-order chi connectivity index (χ0) is 29.1. The minimum Gasteiger partial charge on any atom is -0.447 e. The maximum atomic E-state index is 13.8. The highest BCUT2D eigenvalue weighted by Crippen LogP contribution is 2.47. The molecule has 2 amide bonds. The summed E-state index contributed by atoms with van der Waals surface area (Å²) in [6.07, 6.45) is 4.22. The number of nitrogens with zero attached hydrogens (tertiary/aromatic N) is 3. The summed E-state index contributed by atoms with van der Waals surface area (Å²) in [6.45, 7) is 9.43. The summed E-state index contributed by atoms with van der Waals surface area (Å²) in [4.78, 5) is 30.5. The normalized spacial score (nSPS) is 27.7. The van der Waals surface area contributed by atoms with Gasteiger partial charge in [0.05, 0.1) is 23.7 Å². The van der Waals surface area contributed by atoms with Crippen LogP contribution < -0.4 is 5.32 Å². The van der Waals surface area contributed by atoms with Gasteiger partial charge in [0.25, 0.3) is 5.91 Å². The van der Waals surface area contributed by atoms with Crippen molar-refractivity contribution in [3.05, 3.63) is 47.5 Å². The maximum absolute atomic E-state index is 13.8. The van der Waals surface area contributed by atoms with Crippen molar-refractivity contribution in [2.75, 3.05) is 19.7 Å². The molecule has 1 unspecified atom stereocenters. The fraction of sp³-hybridized carbons (Fsp3) is 0.621. The van der Waals surface area contributed by atoms with Crippen LogP contribution in [0.4, 0.5) is 4.79 Å². The van der Waals surface area contributed by atoms with Crippen molar-refractivity contribution >= 4 is 19.1 Å². The van der Waals surface area contributed by atoms with E-state index in [0.717, 1.165) is 18.4 Å². The van der Waals surface area contributed by atoms with Crippen LogP contribution >= 0.6 is 0 Å². The van der Waals surface area contributed by atoms with Gasteiger partial charge in [-0.2, -0.15) is 5.26 Å². The van der Waals surface area contributed by atoms with Gasteiger partial charge in [0.1, 0.15) is 18.2 Å². The molecule has 11 heteroatoms. The van der Waals surface area contributed by atoms with Crippen molar-refractivity contribution in [3.8, 4) is 6.07 Å². The summed E-state index contributed by atoms with van der Waals surface area (Å²) in [5, 5.41) is 32.2. The van der Waals surface area contributed by atoms with Crippen LogP contribution in [0.2, 0.25) is 0 Å². The first-order chi connectivity index (χ1) is 18.9. The highest BCUT2D eigenvalue weighted by Gasteiger charge is 2.55. The molecular formula is C29H41BN4O6. The number of carbonyl (C=O) groups is 2. The van der Waals surface area contributed by atoms with Crippen molar-refractivity contribution in [2.45, 2.75) is 95.1 Å². The lowest BCUT2D eigenvalue weighted by molar-refractivity contribution is -0.132. The zero-order valence-electron chi connectivity index (χ0n) is 23.9. The molecule has 3 aliphatic rings. The van der Waals surface area contributed by atoms with Gasteiger partial charge in [-0.15, -0.1) is 0 Å². The van der Waals surface area contributed by atoms with E-state index in [1.807, 2.05) is 58.0 Å². The van der Waals surface area contributed by atoms with Gasteiger partial charge in [-0.3, -0.25) is 9.69 Å². The first-order valence-electron chi connectivity index (χ1n) is 14.1. The van der Waals surface area contributed by atoms with Crippen LogP contribution in [0.25, 0.3) is 0 Å². The Kier molecular flexibility index (Phi) is 9.25. The molecule has 4 rings (SSSR count). The van der Waals surface area contributed by atoms with Gasteiger partial charge >= 0.3 is 13.2 Å². The maximum Gasteiger partial charge on any atom is 0.475 e. The highest BCUT2D eigenvalue weighted by atomic mass is 16.6. The highest BCUT2D eigenvalue weighted by molar-refractivity contribution is 6.43. The van der Waals surface area contributed by atoms with E-state index in [9.17, 15) is 24.9 Å². The number of amides is 2. The third-order valence-electron chi connectivity index (χ3n) is 8.50. The molecule has 10 nitrogen and oxygen atoms in total. The number of hydrogen-bond donors (Lipinski definition) is 3. The quantitative estimate of drug-likeness (QED) is 0.241. The average Bonchev–Trinajstić information content (AvgIpc) is 3.45. The van der Waals surface area contributed by atoms with Crippen LogP contribution in [0.1, 0.15) is 58.9 Å². The van der Waals surface area contributed by atoms with Crippen LogP contribution in [-0.4, -0.2) is 93.9 Å². The largest absolute Gasteiger partial charge is 0.475 e. The first kappa shape index (κ1) is 30.1. The number of hydrogen-bond acceptors (Lipinski definition) is 8. The Bertz CT molecular complexity index is 1120. The molecule has 0 radical (unpaired) electrons. The number of nitriles is 1. The van der Waals surface area contributed by atoms with E-state index in [1.54, 1.807) is 11.0 Å². The van der Waals surface area contributed by atoms with Crippen molar-refractivity contribution in [3.63, 3.8) is 0 Å². The zero-order valence-corrected chi connectivity index (χ0v) is 23.9. The molecule has 3 heterocycles. The van der Waals surface area contributed by atoms with Crippen LogP contribution in [0.15, 0.2) is 42.0 Å². The van der Waals surface area contributed by atoms with Gasteiger partial charge in [-0.1, -0.05) is 30.3 Å². The van der Waals surface area contributed by atoms with Gasteiger partial charge in [0.2, 0.25) is 0 Å². The SMILES string of the molecule is C[C@H]1CN(C(C)(C)C=C(C#N)C(=O)N2C3CCC2(COC(=O)NC(Cc2ccccc2)B(O)O)CC3)C[C@H](C)O1. The fourth-order valence-electron chi connectivity index (χ4n) is 6.48. The molecule has 0 saturated carbocycles. The number of benzene rings is 1. The monoisotopic (exact) mass is 552 g/mol. The van der Waals surface area contributed by atoms with E-state index in [1.165, 1.54) is 0 Å². The standard InChI is InChI=1S/C29H41BN4O6/c1-20-17-33(18-21(2)40-20)28(3,4)15-23(16-31)26(35)34-24-10-12-29(34,13-11-24)19-39-27(36)32-25(30(37)38)14-22-8-6-5-7-9-22/h5-9,15,20-21,24-25,37-38H,10-14,17-19H2,1-4H3,(H,32,36)/t20-,21-,24?,25?,29?/m0/s1. The van der Waals surface area contributed by atoms with Crippen LogP contribution in [0.3, 0.4) is 0 Å². The molecule has 3 N–H and O–H groups in total. The predicted molar refractivity (Wildman–Crippen MR) is 150 cm³/mol. The number of nitrogens with one attached hydrogen (secondary N) is 1. The first-order valence-corrected chi connectivity index (χ1v) is 14.1. The summed E-state index contributed by atoms with van der Waals surface area (Å²) in [5.74, 6) is -1.28. The smallest absolute Gasteiger partial charge is 0.447 e. The van der Waals surface area contributed by atoms with Crippen molar-refractivity contribution in [1.29, 1.82) is 5.26 Å². The Labute approximate surface area is 237 Å². The Hall–Kier alpha value is -2.91. The predicted octanol–water partition coefficient (Wildman–Crippen LogP) is 2.20. The summed E-state index contributed by atoms with van der Waals surface area (Å²) >= 11 is 0. The van der Waals surface area contributed by atoms with E-state index in [0.29, 0.717) is 25.9 Å². The lowest BCUT2D eigenvalue weighted by Gasteiger charge is -2.44. The Morgan fingerprint density at radius 3 is 2.42 bits per heavy atom. The molecule has 0 aliphatic carbocycles. The van der Waals surface area contributed by atoms with Crippen molar-refractivity contribution in [1.82, 2.24) is 15.1 Å². The summed E-state index contributed by atoms with van der Waals surface area (Å²) in [6, 6.07) is 11.3. The third-order valence-corrected chi connectivity index (χ3v) is 8.50. The number of carbonyl (C=O) groups excluding carboxylic acids is 2. The summed E-state index contributed by atoms with van der Waals surface area (Å²) in [7, 11) is -1.77. The van der Waals surface area contributed by atoms with Crippen LogP contribution in [-0.2, 0) is 20.7 Å². The second kappa shape index (κ2) is 12.3. The molecule has 3 fully saturated rings. The van der Waals surface area contributed by atoms with Crippen LogP contribution in [0, 0.1) is 11.3 Å². The van der Waals surface area contributed by atoms with E-state index in [-0.39, 0.29) is 42.8 Å². The van der Waals surface area contributed by atoms with Crippen molar-refractivity contribution < 1.29 is 29.1 Å². The van der Waals surface area contributed by atoms with Gasteiger partial charge in [-0.05, 0) is 71.4 Å². The van der Waals surface area contributed by atoms with E-state index in [4.69, 9.17) is 9.47 Å². The van der Waals surface area contributed by atoms with E-state index < -0.39 is 30.2 Å². The summed E-state index contributed by atoms with van der Waals surface area (Å²) < 4.78 is 11.4. The Morgan fingerprint density at radius 1 is 1.23 bits per heavy atom. The van der Waals surface area contributed by atoms with Crippen LogP contribution in [0.5, 0.6) is 0 Å². The fourth-order valence-corrected chi connectivity index (χ4v) is 6.48.